The monoisotopic (exact) mass is 289 g/mol. The molecule has 2 unspecified atom stereocenters. The number of aromatic nitrogens is 1. The van der Waals surface area contributed by atoms with Gasteiger partial charge in [-0.2, -0.15) is 0 Å². The fourth-order valence-corrected chi connectivity index (χ4v) is 2.33. The number of nitrogens with zero attached hydrogens (tertiary/aromatic N) is 1. The van der Waals surface area contributed by atoms with E-state index in [2.05, 4.69) is 0 Å². The molecule has 0 amide bonds. The van der Waals surface area contributed by atoms with Crippen molar-refractivity contribution in [1.29, 1.82) is 0 Å². The summed E-state index contributed by atoms with van der Waals surface area (Å²) in [6.07, 6.45) is 0.688. The number of benzene rings is 1. The van der Waals surface area contributed by atoms with Crippen LogP contribution in [0.4, 0.5) is 0 Å². The van der Waals surface area contributed by atoms with E-state index in [-0.39, 0.29) is 23.6 Å². The molecule has 1 fully saturated rings. The minimum atomic E-state index is -0.474. The van der Waals surface area contributed by atoms with Crippen molar-refractivity contribution >= 4 is 5.97 Å². The van der Waals surface area contributed by atoms with E-state index < -0.39 is 5.97 Å². The van der Waals surface area contributed by atoms with Crippen LogP contribution in [0.15, 0.2) is 36.4 Å². The van der Waals surface area contributed by atoms with Gasteiger partial charge >= 0.3 is 5.97 Å². The molecule has 0 radical (unpaired) electrons. The number of ether oxygens (including phenoxy) is 1. The van der Waals surface area contributed by atoms with Gasteiger partial charge in [-0.05, 0) is 30.0 Å². The summed E-state index contributed by atoms with van der Waals surface area (Å²) < 4.78 is 5.80. The zero-order valence-electron chi connectivity index (χ0n) is 11.4. The molecule has 0 saturated heterocycles. The smallest absolute Gasteiger partial charge is 0.336 e. The summed E-state index contributed by atoms with van der Waals surface area (Å²) in [5.41, 5.74) is 1.04. The second-order valence-electron chi connectivity index (χ2n) is 4.98. The van der Waals surface area contributed by atoms with E-state index in [9.17, 15) is 15.0 Å². The SMILES string of the molecule is COc1ccc(C2CC2C(=O)On2c(O)ccc2O)cc1. The summed E-state index contributed by atoms with van der Waals surface area (Å²) in [6, 6.07) is 10.0. The Bertz CT molecular complexity index is 642. The first-order chi connectivity index (χ1) is 10.1. The van der Waals surface area contributed by atoms with Gasteiger partial charge in [0.25, 0.3) is 0 Å². The van der Waals surface area contributed by atoms with Crippen molar-refractivity contribution in [2.45, 2.75) is 12.3 Å². The van der Waals surface area contributed by atoms with Crippen LogP contribution in [0.3, 0.4) is 0 Å². The van der Waals surface area contributed by atoms with Crippen molar-refractivity contribution in [3.05, 3.63) is 42.0 Å². The van der Waals surface area contributed by atoms with Crippen LogP contribution in [0.1, 0.15) is 17.9 Å². The topological polar surface area (TPSA) is 80.9 Å². The molecule has 1 aliphatic carbocycles. The first kappa shape index (κ1) is 13.4. The van der Waals surface area contributed by atoms with E-state index in [1.54, 1.807) is 7.11 Å². The predicted molar refractivity (Wildman–Crippen MR) is 73.2 cm³/mol. The van der Waals surface area contributed by atoms with Gasteiger partial charge in [0.15, 0.2) is 0 Å². The van der Waals surface area contributed by atoms with Gasteiger partial charge in [0.2, 0.25) is 11.8 Å². The molecule has 0 bridgehead atoms. The van der Waals surface area contributed by atoms with Crippen molar-refractivity contribution in [1.82, 2.24) is 4.73 Å². The van der Waals surface area contributed by atoms with Crippen molar-refractivity contribution in [2.75, 3.05) is 7.11 Å². The normalized spacial score (nSPS) is 20.0. The Balaban J connectivity index is 1.65. The van der Waals surface area contributed by atoms with Gasteiger partial charge in [0.1, 0.15) is 5.75 Å². The lowest BCUT2D eigenvalue weighted by Gasteiger charge is -2.07. The van der Waals surface area contributed by atoms with E-state index in [1.807, 2.05) is 24.3 Å². The van der Waals surface area contributed by atoms with E-state index in [4.69, 9.17) is 9.57 Å². The van der Waals surface area contributed by atoms with E-state index in [0.717, 1.165) is 11.3 Å². The summed E-state index contributed by atoms with van der Waals surface area (Å²) >= 11 is 0. The molecule has 3 rings (SSSR count). The molecule has 2 N–H and O–H groups in total. The molecule has 1 aromatic heterocycles. The first-order valence-electron chi connectivity index (χ1n) is 6.56. The Hall–Kier alpha value is -2.63. The molecule has 6 nitrogen and oxygen atoms in total. The molecular formula is C15H15NO5. The van der Waals surface area contributed by atoms with Crippen LogP contribution >= 0.6 is 0 Å². The Kier molecular flexibility index (Phi) is 3.21. The highest BCUT2D eigenvalue weighted by Gasteiger charge is 2.46. The van der Waals surface area contributed by atoms with Crippen LogP contribution in [0.2, 0.25) is 0 Å². The molecule has 1 saturated carbocycles. The first-order valence-corrected chi connectivity index (χ1v) is 6.56. The van der Waals surface area contributed by atoms with Crippen LogP contribution in [-0.2, 0) is 4.79 Å². The van der Waals surface area contributed by atoms with E-state index in [0.29, 0.717) is 11.2 Å². The second kappa shape index (κ2) is 5.05. The zero-order valence-corrected chi connectivity index (χ0v) is 11.4. The number of aromatic hydroxyl groups is 2. The summed E-state index contributed by atoms with van der Waals surface area (Å²) in [5, 5.41) is 18.9. The molecule has 1 heterocycles. The molecule has 0 aliphatic heterocycles. The van der Waals surface area contributed by atoms with Crippen LogP contribution in [-0.4, -0.2) is 28.0 Å². The molecule has 110 valence electrons. The Morgan fingerprint density at radius 1 is 1.14 bits per heavy atom. The fraction of sp³-hybridized carbons (Fsp3) is 0.267. The van der Waals surface area contributed by atoms with Gasteiger partial charge in [-0.1, -0.05) is 12.1 Å². The summed E-state index contributed by atoms with van der Waals surface area (Å²) in [6.45, 7) is 0. The van der Waals surface area contributed by atoms with Gasteiger partial charge in [-0.3, -0.25) is 0 Å². The molecule has 2 atom stereocenters. The molecule has 1 aliphatic rings. The van der Waals surface area contributed by atoms with E-state index in [1.165, 1.54) is 12.1 Å². The van der Waals surface area contributed by atoms with Crippen molar-refractivity contribution in [2.24, 2.45) is 5.92 Å². The molecule has 2 aromatic rings. The second-order valence-corrected chi connectivity index (χ2v) is 4.98. The molecule has 6 heteroatoms. The van der Waals surface area contributed by atoms with Gasteiger partial charge in [-0.25, -0.2) is 4.79 Å². The van der Waals surface area contributed by atoms with Gasteiger partial charge in [0, 0.05) is 12.1 Å². The fourth-order valence-electron chi connectivity index (χ4n) is 2.33. The van der Waals surface area contributed by atoms with Gasteiger partial charge < -0.3 is 19.8 Å². The average Bonchev–Trinajstić information content (AvgIpc) is 3.24. The van der Waals surface area contributed by atoms with Crippen LogP contribution in [0.25, 0.3) is 0 Å². The highest BCUT2D eigenvalue weighted by molar-refractivity contribution is 5.77. The molecule has 21 heavy (non-hydrogen) atoms. The van der Waals surface area contributed by atoms with Crippen molar-refractivity contribution in [3.63, 3.8) is 0 Å². The number of hydrogen-bond donors (Lipinski definition) is 2. The number of hydrogen-bond acceptors (Lipinski definition) is 5. The van der Waals surface area contributed by atoms with Crippen LogP contribution in [0.5, 0.6) is 17.5 Å². The maximum atomic E-state index is 12.0. The highest BCUT2D eigenvalue weighted by Crippen LogP contribution is 2.48. The summed E-state index contributed by atoms with van der Waals surface area (Å²) in [7, 11) is 1.60. The zero-order chi connectivity index (χ0) is 15.0. The minimum Gasteiger partial charge on any atom is -0.497 e. The van der Waals surface area contributed by atoms with Gasteiger partial charge in [-0.15, -0.1) is 4.73 Å². The predicted octanol–water partition coefficient (Wildman–Crippen LogP) is 1.67. The third-order valence-electron chi connectivity index (χ3n) is 3.62. The number of methoxy groups -OCH3 is 1. The maximum absolute atomic E-state index is 12.0. The Morgan fingerprint density at radius 3 is 2.33 bits per heavy atom. The van der Waals surface area contributed by atoms with Crippen molar-refractivity contribution < 1.29 is 24.6 Å². The minimum absolute atomic E-state index is 0.100. The third-order valence-corrected chi connectivity index (χ3v) is 3.62. The molecular weight excluding hydrogens is 274 g/mol. The van der Waals surface area contributed by atoms with Gasteiger partial charge in [0.05, 0.1) is 13.0 Å². The number of rotatable bonds is 4. The standard InChI is InChI=1S/C15H15NO5/c1-20-10-4-2-9(3-5-10)11-8-12(11)15(19)21-16-13(17)6-7-14(16)18/h2-7,11-12,17-18H,8H2,1H3. The Morgan fingerprint density at radius 2 is 1.76 bits per heavy atom. The van der Waals surface area contributed by atoms with Crippen LogP contribution in [0, 0.1) is 5.92 Å². The van der Waals surface area contributed by atoms with E-state index >= 15 is 0 Å². The lowest BCUT2D eigenvalue weighted by atomic mass is 10.1. The highest BCUT2D eigenvalue weighted by atomic mass is 16.7. The van der Waals surface area contributed by atoms with Crippen LogP contribution < -0.4 is 9.57 Å². The molecule has 1 aromatic carbocycles. The average molecular weight is 289 g/mol. The summed E-state index contributed by atoms with van der Waals surface area (Å²) in [5.74, 6) is -0.508. The summed E-state index contributed by atoms with van der Waals surface area (Å²) in [4.78, 5) is 17.0. The lowest BCUT2D eigenvalue weighted by Crippen LogP contribution is -2.21. The third kappa shape index (κ3) is 2.52. The lowest BCUT2D eigenvalue weighted by molar-refractivity contribution is -0.147. The Labute approximate surface area is 121 Å². The van der Waals surface area contributed by atoms with Crippen molar-refractivity contribution in [3.8, 4) is 17.5 Å². The maximum Gasteiger partial charge on any atom is 0.336 e. The largest absolute Gasteiger partial charge is 0.497 e. The number of carbonyl (C=O) groups is 1. The molecule has 0 spiro atoms. The number of carbonyl (C=O) groups excluding carboxylic acids is 1. The quantitative estimate of drug-likeness (QED) is 0.894.